The lowest BCUT2D eigenvalue weighted by Gasteiger charge is -2.13. The van der Waals surface area contributed by atoms with Crippen LogP contribution in [0.4, 0.5) is 0 Å². The molecule has 1 aliphatic rings. The Kier molecular flexibility index (Phi) is 4.65. The molecule has 0 saturated heterocycles. The van der Waals surface area contributed by atoms with Gasteiger partial charge in [-0.1, -0.05) is 24.3 Å². The highest BCUT2D eigenvalue weighted by Gasteiger charge is 2.28. The Bertz CT molecular complexity index is 1110. The largest absolute Gasteiger partial charge is 0.463 e. The molecule has 28 heavy (non-hydrogen) atoms. The van der Waals surface area contributed by atoms with Crippen LogP contribution in [-0.4, -0.2) is 29.7 Å². The highest BCUT2D eigenvalue weighted by Crippen LogP contribution is 2.30. The standard InChI is InChI=1S/C21H19N3O4/c1-12-18-15(8-5-9-17(18)28-19(12)21(26)27-2)23-24-20(25)16-11-10-13-6-3-4-7-14(13)22-16/h3-4,6-7,10-11H,5,8-9H2,1-2H3,(H,24,25)/b23-15+. The van der Waals surface area contributed by atoms with Crippen LogP contribution in [0.1, 0.15) is 50.8 Å². The van der Waals surface area contributed by atoms with Gasteiger partial charge in [-0.2, -0.15) is 5.10 Å². The minimum absolute atomic E-state index is 0.185. The van der Waals surface area contributed by atoms with Crippen molar-refractivity contribution in [1.29, 1.82) is 0 Å². The third kappa shape index (κ3) is 3.15. The number of benzene rings is 1. The monoisotopic (exact) mass is 377 g/mol. The van der Waals surface area contributed by atoms with Gasteiger partial charge in [0.2, 0.25) is 5.76 Å². The number of furan rings is 1. The Morgan fingerprint density at radius 2 is 2.00 bits per heavy atom. The molecular weight excluding hydrogens is 358 g/mol. The third-order valence-electron chi connectivity index (χ3n) is 4.82. The molecule has 2 heterocycles. The normalized spacial score (nSPS) is 14.7. The van der Waals surface area contributed by atoms with Crippen molar-refractivity contribution in [2.24, 2.45) is 5.10 Å². The average molecular weight is 377 g/mol. The van der Waals surface area contributed by atoms with Crippen molar-refractivity contribution in [2.45, 2.75) is 26.2 Å². The molecule has 1 aromatic carbocycles. The molecule has 0 radical (unpaired) electrons. The predicted octanol–water partition coefficient (Wildman–Crippen LogP) is 3.39. The Morgan fingerprint density at radius 1 is 1.18 bits per heavy atom. The van der Waals surface area contributed by atoms with E-state index in [0.29, 0.717) is 35.6 Å². The van der Waals surface area contributed by atoms with E-state index in [1.54, 1.807) is 13.0 Å². The number of carbonyl (C=O) groups excluding carboxylic acids is 2. The van der Waals surface area contributed by atoms with E-state index >= 15 is 0 Å². The van der Waals surface area contributed by atoms with Gasteiger partial charge in [-0.05, 0) is 31.9 Å². The Balaban J connectivity index is 1.61. The molecule has 0 aliphatic heterocycles. The molecule has 1 N–H and O–H groups in total. The van der Waals surface area contributed by atoms with E-state index in [2.05, 4.69) is 15.5 Å². The van der Waals surface area contributed by atoms with Gasteiger partial charge in [0.05, 0.1) is 18.3 Å². The number of ether oxygens (including phenoxy) is 1. The fourth-order valence-corrected chi connectivity index (χ4v) is 3.44. The van der Waals surface area contributed by atoms with Gasteiger partial charge in [-0.15, -0.1) is 0 Å². The number of carbonyl (C=O) groups is 2. The summed E-state index contributed by atoms with van der Waals surface area (Å²) in [5.41, 5.74) is 5.76. The van der Waals surface area contributed by atoms with Crippen molar-refractivity contribution in [3.05, 3.63) is 64.7 Å². The van der Waals surface area contributed by atoms with E-state index in [1.165, 1.54) is 7.11 Å². The molecule has 0 spiro atoms. The predicted molar refractivity (Wildman–Crippen MR) is 103 cm³/mol. The fraction of sp³-hybridized carbons (Fsp3) is 0.238. The molecule has 0 unspecified atom stereocenters. The van der Waals surface area contributed by atoms with Gasteiger partial charge >= 0.3 is 5.97 Å². The number of aromatic nitrogens is 1. The second-order valence-electron chi connectivity index (χ2n) is 6.59. The van der Waals surface area contributed by atoms with Crippen LogP contribution in [0.2, 0.25) is 0 Å². The second-order valence-corrected chi connectivity index (χ2v) is 6.59. The molecule has 0 fully saturated rings. The molecule has 0 bridgehead atoms. The highest BCUT2D eigenvalue weighted by atomic mass is 16.5. The van der Waals surface area contributed by atoms with Gasteiger partial charge < -0.3 is 9.15 Å². The maximum Gasteiger partial charge on any atom is 0.374 e. The molecule has 7 heteroatoms. The number of pyridine rings is 1. The van der Waals surface area contributed by atoms with Gasteiger partial charge in [-0.25, -0.2) is 15.2 Å². The maximum atomic E-state index is 12.5. The zero-order valence-corrected chi connectivity index (χ0v) is 15.6. The number of nitrogens with zero attached hydrogens (tertiary/aromatic N) is 2. The van der Waals surface area contributed by atoms with Gasteiger partial charge in [-0.3, -0.25) is 4.79 Å². The lowest BCUT2D eigenvalue weighted by molar-refractivity contribution is 0.0561. The van der Waals surface area contributed by atoms with E-state index in [4.69, 9.17) is 9.15 Å². The van der Waals surface area contributed by atoms with Crippen LogP contribution in [-0.2, 0) is 11.2 Å². The number of hydrazone groups is 1. The minimum atomic E-state index is -0.518. The van der Waals surface area contributed by atoms with Crippen molar-refractivity contribution in [3.63, 3.8) is 0 Å². The zero-order valence-electron chi connectivity index (χ0n) is 15.6. The van der Waals surface area contributed by atoms with E-state index in [0.717, 1.165) is 22.9 Å². The summed E-state index contributed by atoms with van der Waals surface area (Å²) < 4.78 is 10.4. The lowest BCUT2D eigenvalue weighted by Crippen LogP contribution is -2.23. The van der Waals surface area contributed by atoms with Gasteiger partial charge in [0, 0.05) is 22.9 Å². The van der Waals surface area contributed by atoms with E-state index in [1.807, 2.05) is 30.3 Å². The van der Waals surface area contributed by atoms with Crippen molar-refractivity contribution >= 4 is 28.5 Å². The highest BCUT2D eigenvalue weighted by molar-refractivity contribution is 6.06. The van der Waals surface area contributed by atoms with E-state index in [-0.39, 0.29) is 11.7 Å². The number of esters is 1. The van der Waals surface area contributed by atoms with Crippen LogP contribution in [0.15, 0.2) is 45.9 Å². The average Bonchev–Trinajstić information content (AvgIpc) is 3.08. The van der Waals surface area contributed by atoms with Gasteiger partial charge in [0.1, 0.15) is 11.5 Å². The molecule has 3 aromatic rings. The van der Waals surface area contributed by atoms with Crippen LogP contribution >= 0.6 is 0 Å². The summed E-state index contributed by atoms with van der Waals surface area (Å²) in [5.74, 6) is -0.0269. The molecule has 0 atom stereocenters. The van der Waals surface area contributed by atoms with Crippen molar-refractivity contribution in [2.75, 3.05) is 7.11 Å². The first-order valence-corrected chi connectivity index (χ1v) is 9.02. The summed E-state index contributed by atoms with van der Waals surface area (Å²) in [5, 5.41) is 5.27. The number of fused-ring (bicyclic) bond motifs is 2. The van der Waals surface area contributed by atoms with Crippen LogP contribution in [0.5, 0.6) is 0 Å². The number of methoxy groups -OCH3 is 1. The molecule has 1 amide bonds. The molecule has 7 nitrogen and oxygen atoms in total. The summed E-state index contributed by atoms with van der Waals surface area (Å²) in [6.07, 6.45) is 2.22. The van der Waals surface area contributed by atoms with Crippen LogP contribution < -0.4 is 5.43 Å². The van der Waals surface area contributed by atoms with E-state index < -0.39 is 5.97 Å². The summed E-state index contributed by atoms with van der Waals surface area (Å²) >= 11 is 0. The molecule has 4 rings (SSSR count). The number of hydrogen-bond donors (Lipinski definition) is 1. The van der Waals surface area contributed by atoms with Crippen molar-refractivity contribution in [1.82, 2.24) is 10.4 Å². The summed E-state index contributed by atoms with van der Waals surface area (Å²) in [6.45, 7) is 1.79. The first kappa shape index (κ1) is 17.9. The van der Waals surface area contributed by atoms with Crippen LogP contribution in [0, 0.1) is 6.92 Å². The Labute approximate surface area is 161 Å². The number of nitrogens with one attached hydrogen (secondary N) is 1. The molecule has 142 valence electrons. The lowest BCUT2D eigenvalue weighted by atomic mass is 9.93. The summed E-state index contributed by atoms with van der Waals surface area (Å²) in [6, 6.07) is 11.1. The van der Waals surface area contributed by atoms with Gasteiger partial charge in [0.25, 0.3) is 5.91 Å². The minimum Gasteiger partial charge on any atom is -0.463 e. The Hall–Kier alpha value is -3.48. The molecule has 2 aromatic heterocycles. The SMILES string of the molecule is COC(=O)c1oc2c(c1C)/C(=N/NC(=O)c1ccc3ccccc3n1)CCC2. The summed E-state index contributed by atoms with van der Waals surface area (Å²) in [7, 11) is 1.31. The fourth-order valence-electron chi connectivity index (χ4n) is 3.44. The van der Waals surface area contributed by atoms with Crippen molar-refractivity contribution in [3.8, 4) is 0 Å². The third-order valence-corrected chi connectivity index (χ3v) is 4.82. The second kappa shape index (κ2) is 7.26. The zero-order chi connectivity index (χ0) is 19.7. The first-order valence-electron chi connectivity index (χ1n) is 9.02. The number of hydrogen-bond acceptors (Lipinski definition) is 6. The molecule has 0 saturated carbocycles. The van der Waals surface area contributed by atoms with Crippen LogP contribution in [0.3, 0.4) is 0 Å². The number of rotatable bonds is 3. The van der Waals surface area contributed by atoms with E-state index in [9.17, 15) is 9.59 Å². The number of aryl methyl sites for hydroxylation is 1. The first-order chi connectivity index (χ1) is 13.6. The maximum absolute atomic E-state index is 12.5. The summed E-state index contributed by atoms with van der Waals surface area (Å²) in [4.78, 5) is 28.8. The smallest absolute Gasteiger partial charge is 0.374 e. The number of amides is 1. The quantitative estimate of drug-likeness (QED) is 0.558. The van der Waals surface area contributed by atoms with Gasteiger partial charge in [0.15, 0.2) is 0 Å². The Morgan fingerprint density at radius 3 is 2.82 bits per heavy atom. The topological polar surface area (TPSA) is 93.8 Å². The molecular formula is C21H19N3O4. The molecule has 1 aliphatic carbocycles. The van der Waals surface area contributed by atoms with Crippen molar-refractivity contribution < 1.29 is 18.7 Å². The van der Waals surface area contributed by atoms with Crippen LogP contribution in [0.25, 0.3) is 10.9 Å². The number of para-hydroxylation sites is 1.